The van der Waals surface area contributed by atoms with Crippen molar-refractivity contribution in [2.45, 2.75) is 25.3 Å². The van der Waals surface area contributed by atoms with Gasteiger partial charge in [-0.15, -0.1) is 0 Å². The maximum Gasteiger partial charge on any atom is 0.254 e. The topological polar surface area (TPSA) is 81.9 Å². The number of pyridine rings is 2. The first kappa shape index (κ1) is 19.2. The highest BCUT2D eigenvalue weighted by atomic mass is 16.5. The molecule has 1 unspecified atom stereocenters. The summed E-state index contributed by atoms with van der Waals surface area (Å²) in [6.07, 6.45) is 9.99. The molecule has 1 aromatic carbocycles. The number of aryl methyl sites for hydroxylation is 1. The standard InChI is InChI=1S/C24H23N5O2/c1-29-14-17(11-26-29)24(30)28-22-5-3-4-18-19(12-25-13-20(18)22)15-6-8-21-16(10-15)7-9-23(27-21)31-2/h6-14,22H,3-5H2,1-2H3,(H,28,30). The monoisotopic (exact) mass is 413 g/mol. The van der Waals surface area contributed by atoms with Gasteiger partial charge in [0.05, 0.1) is 30.4 Å². The number of nitrogens with zero attached hydrogens (tertiary/aromatic N) is 4. The van der Waals surface area contributed by atoms with Crippen LogP contribution >= 0.6 is 0 Å². The SMILES string of the molecule is COc1ccc2cc(-c3cncc4c3CCCC4NC(=O)c3cnn(C)c3)ccc2n1. The highest BCUT2D eigenvalue weighted by molar-refractivity contribution is 5.94. The minimum atomic E-state index is -0.109. The Morgan fingerprint density at radius 2 is 2.10 bits per heavy atom. The third-order valence-electron chi connectivity index (χ3n) is 5.84. The Labute approximate surface area is 180 Å². The Bertz CT molecular complexity index is 1280. The molecule has 0 fully saturated rings. The van der Waals surface area contributed by atoms with Crippen LogP contribution in [0, 0.1) is 0 Å². The molecular formula is C24H23N5O2. The van der Waals surface area contributed by atoms with Gasteiger partial charge >= 0.3 is 0 Å². The first-order valence-corrected chi connectivity index (χ1v) is 10.3. The molecule has 7 heteroatoms. The van der Waals surface area contributed by atoms with Gasteiger partial charge in [-0.25, -0.2) is 4.98 Å². The molecule has 156 valence electrons. The van der Waals surface area contributed by atoms with Crippen LogP contribution in [-0.4, -0.2) is 32.8 Å². The summed E-state index contributed by atoms with van der Waals surface area (Å²) in [4.78, 5) is 21.7. The highest BCUT2D eigenvalue weighted by Gasteiger charge is 2.25. The minimum Gasteiger partial charge on any atom is -0.481 e. The molecule has 1 atom stereocenters. The van der Waals surface area contributed by atoms with Gasteiger partial charge in [0.1, 0.15) is 0 Å². The van der Waals surface area contributed by atoms with Crippen molar-refractivity contribution in [2.24, 2.45) is 7.05 Å². The summed E-state index contributed by atoms with van der Waals surface area (Å²) in [6.45, 7) is 0. The van der Waals surface area contributed by atoms with E-state index in [1.165, 1.54) is 5.56 Å². The summed E-state index contributed by atoms with van der Waals surface area (Å²) >= 11 is 0. The third-order valence-corrected chi connectivity index (χ3v) is 5.84. The van der Waals surface area contributed by atoms with Crippen LogP contribution in [0.3, 0.4) is 0 Å². The first-order valence-electron chi connectivity index (χ1n) is 10.3. The normalized spacial score (nSPS) is 15.5. The predicted molar refractivity (Wildman–Crippen MR) is 118 cm³/mol. The van der Waals surface area contributed by atoms with Crippen molar-refractivity contribution in [3.05, 3.63) is 71.8 Å². The fraction of sp³-hybridized carbons (Fsp3) is 0.250. The van der Waals surface area contributed by atoms with Crippen LogP contribution < -0.4 is 10.1 Å². The number of nitrogens with one attached hydrogen (secondary N) is 1. The van der Waals surface area contributed by atoms with Crippen molar-refractivity contribution in [3.63, 3.8) is 0 Å². The van der Waals surface area contributed by atoms with Crippen molar-refractivity contribution in [2.75, 3.05) is 7.11 Å². The van der Waals surface area contributed by atoms with Crippen molar-refractivity contribution in [1.82, 2.24) is 25.1 Å². The molecule has 1 amide bonds. The summed E-state index contributed by atoms with van der Waals surface area (Å²) in [6, 6.07) is 10.0. The zero-order valence-electron chi connectivity index (χ0n) is 17.5. The van der Waals surface area contributed by atoms with E-state index in [0.717, 1.165) is 46.9 Å². The Hall–Kier alpha value is -3.74. The Balaban J connectivity index is 1.49. The van der Waals surface area contributed by atoms with Crippen molar-refractivity contribution < 1.29 is 9.53 Å². The number of methoxy groups -OCH3 is 1. The molecule has 7 nitrogen and oxygen atoms in total. The van der Waals surface area contributed by atoms with E-state index in [1.54, 1.807) is 31.2 Å². The largest absolute Gasteiger partial charge is 0.481 e. The van der Waals surface area contributed by atoms with Crippen LogP contribution in [0.4, 0.5) is 0 Å². The number of rotatable bonds is 4. The summed E-state index contributed by atoms with van der Waals surface area (Å²) < 4.78 is 6.86. The van der Waals surface area contributed by atoms with E-state index < -0.39 is 0 Å². The van der Waals surface area contributed by atoms with Gasteiger partial charge in [0.15, 0.2) is 0 Å². The van der Waals surface area contributed by atoms with E-state index in [0.29, 0.717) is 11.4 Å². The maximum atomic E-state index is 12.7. The van der Waals surface area contributed by atoms with Crippen LogP contribution in [0.5, 0.6) is 5.88 Å². The number of hydrogen-bond acceptors (Lipinski definition) is 5. The molecule has 0 aliphatic heterocycles. The predicted octanol–water partition coefficient (Wildman–Crippen LogP) is 3.85. The number of fused-ring (bicyclic) bond motifs is 2. The summed E-state index contributed by atoms with van der Waals surface area (Å²) in [5, 5.41) is 8.31. The summed E-state index contributed by atoms with van der Waals surface area (Å²) in [5.41, 5.74) is 6.00. The number of benzene rings is 1. The molecule has 4 aromatic rings. The van der Waals surface area contributed by atoms with Crippen LogP contribution in [-0.2, 0) is 13.5 Å². The van der Waals surface area contributed by atoms with Crippen LogP contribution in [0.1, 0.15) is 40.4 Å². The molecule has 0 saturated heterocycles. The molecule has 5 rings (SSSR count). The van der Waals surface area contributed by atoms with E-state index in [9.17, 15) is 4.79 Å². The first-order chi connectivity index (χ1) is 15.1. The zero-order chi connectivity index (χ0) is 21.4. The van der Waals surface area contributed by atoms with E-state index in [4.69, 9.17) is 4.74 Å². The lowest BCUT2D eigenvalue weighted by atomic mass is 9.84. The lowest BCUT2D eigenvalue weighted by Crippen LogP contribution is -2.31. The Morgan fingerprint density at radius 1 is 1.19 bits per heavy atom. The van der Waals surface area contributed by atoms with Crippen molar-refractivity contribution in [3.8, 4) is 17.0 Å². The third kappa shape index (κ3) is 3.63. The maximum absolute atomic E-state index is 12.7. The molecule has 3 heterocycles. The average molecular weight is 413 g/mol. The highest BCUT2D eigenvalue weighted by Crippen LogP contribution is 2.36. The molecule has 31 heavy (non-hydrogen) atoms. The molecule has 1 aliphatic carbocycles. The van der Waals surface area contributed by atoms with Gasteiger partial charge in [0, 0.05) is 42.7 Å². The van der Waals surface area contributed by atoms with Gasteiger partial charge in [0.2, 0.25) is 5.88 Å². The van der Waals surface area contributed by atoms with Crippen molar-refractivity contribution in [1.29, 1.82) is 0 Å². The molecule has 0 spiro atoms. The second-order valence-corrected chi connectivity index (χ2v) is 7.84. The van der Waals surface area contributed by atoms with Gasteiger partial charge in [-0.3, -0.25) is 14.5 Å². The lowest BCUT2D eigenvalue weighted by molar-refractivity contribution is 0.0932. The van der Waals surface area contributed by atoms with Crippen LogP contribution in [0.15, 0.2) is 55.1 Å². The second kappa shape index (κ2) is 7.83. The minimum absolute atomic E-state index is 0.0599. The van der Waals surface area contributed by atoms with E-state index in [-0.39, 0.29) is 11.9 Å². The summed E-state index contributed by atoms with van der Waals surface area (Å²) in [5.74, 6) is 0.494. The van der Waals surface area contributed by atoms with Gasteiger partial charge in [0.25, 0.3) is 5.91 Å². The zero-order valence-corrected chi connectivity index (χ0v) is 17.5. The van der Waals surface area contributed by atoms with Crippen LogP contribution in [0.2, 0.25) is 0 Å². The smallest absolute Gasteiger partial charge is 0.254 e. The Morgan fingerprint density at radius 3 is 2.90 bits per heavy atom. The number of amides is 1. The lowest BCUT2D eigenvalue weighted by Gasteiger charge is -2.27. The second-order valence-electron chi connectivity index (χ2n) is 7.84. The number of carbonyl (C=O) groups excluding carboxylic acids is 1. The molecule has 3 aromatic heterocycles. The molecule has 0 bridgehead atoms. The average Bonchev–Trinajstić information content (AvgIpc) is 3.24. The quantitative estimate of drug-likeness (QED) is 0.550. The fourth-order valence-electron chi connectivity index (χ4n) is 4.29. The van der Waals surface area contributed by atoms with E-state index in [1.807, 2.05) is 30.6 Å². The number of aromatic nitrogens is 4. The number of hydrogen-bond donors (Lipinski definition) is 1. The number of ether oxygens (including phenoxy) is 1. The van der Waals surface area contributed by atoms with Gasteiger partial charge in [-0.1, -0.05) is 6.07 Å². The summed E-state index contributed by atoms with van der Waals surface area (Å²) in [7, 11) is 3.42. The van der Waals surface area contributed by atoms with Gasteiger partial charge in [-0.05, 0) is 54.2 Å². The fourth-order valence-corrected chi connectivity index (χ4v) is 4.29. The molecule has 0 radical (unpaired) electrons. The molecular weight excluding hydrogens is 390 g/mol. The van der Waals surface area contributed by atoms with Crippen LogP contribution in [0.25, 0.3) is 22.0 Å². The van der Waals surface area contributed by atoms with Gasteiger partial charge in [-0.2, -0.15) is 5.10 Å². The van der Waals surface area contributed by atoms with Gasteiger partial charge < -0.3 is 10.1 Å². The molecule has 1 N–H and O–H groups in total. The van der Waals surface area contributed by atoms with Crippen molar-refractivity contribution >= 4 is 16.8 Å². The van der Waals surface area contributed by atoms with E-state index >= 15 is 0 Å². The van der Waals surface area contributed by atoms with E-state index in [2.05, 4.69) is 32.5 Å². The molecule has 0 saturated carbocycles. The molecule has 1 aliphatic rings. The number of carbonyl (C=O) groups is 1. The Kier molecular flexibility index (Phi) is 4.86.